The predicted molar refractivity (Wildman–Crippen MR) is 67.9 cm³/mol. The van der Waals surface area contributed by atoms with Gasteiger partial charge in [-0.1, -0.05) is 11.6 Å². The normalized spacial score (nSPS) is 20.4. The molecule has 1 atom stereocenters. The van der Waals surface area contributed by atoms with E-state index in [4.69, 9.17) is 11.6 Å². The molecule has 0 bridgehead atoms. The summed E-state index contributed by atoms with van der Waals surface area (Å²) < 4.78 is 0. The van der Waals surface area contributed by atoms with E-state index in [0.717, 1.165) is 25.9 Å². The van der Waals surface area contributed by atoms with E-state index in [1.807, 2.05) is 17.0 Å². The molecule has 0 aliphatic carbocycles. The van der Waals surface area contributed by atoms with Crippen molar-refractivity contribution in [3.63, 3.8) is 0 Å². The number of amides is 1. The fourth-order valence-corrected chi connectivity index (χ4v) is 2.62. The Bertz CT molecular complexity index is 408. The van der Waals surface area contributed by atoms with Crippen molar-refractivity contribution in [2.45, 2.75) is 26.2 Å². The highest BCUT2D eigenvalue weighted by atomic mass is 35.5. The molecule has 0 aromatic carbocycles. The van der Waals surface area contributed by atoms with Crippen LogP contribution in [0.2, 0.25) is 5.15 Å². The van der Waals surface area contributed by atoms with Crippen molar-refractivity contribution in [2.75, 3.05) is 13.1 Å². The van der Waals surface area contributed by atoms with Gasteiger partial charge in [0.25, 0.3) is 0 Å². The molecule has 2 heterocycles. The maximum absolute atomic E-state index is 11.3. The predicted octanol–water partition coefficient (Wildman–Crippen LogP) is 2.54. The third-order valence-electron chi connectivity index (χ3n) is 3.28. The maximum atomic E-state index is 11.3. The Labute approximate surface area is 107 Å². The fourth-order valence-electron chi connectivity index (χ4n) is 2.42. The number of nitrogens with zero attached hydrogens (tertiary/aromatic N) is 2. The molecule has 1 aliphatic heterocycles. The van der Waals surface area contributed by atoms with Crippen LogP contribution in [0.25, 0.3) is 0 Å². The van der Waals surface area contributed by atoms with Gasteiger partial charge in [0, 0.05) is 26.2 Å². The smallest absolute Gasteiger partial charge is 0.219 e. The molecule has 1 aliphatic rings. The van der Waals surface area contributed by atoms with Crippen LogP contribution in [0.1, 0.15) is 25.3 Å². The van der Waals surface area contributed by atoms with Gasteiger partial charge in [0.05, 0.1) is 0 Å². The summed E-state index contributed by atoms with van der Waals surface area (Å²) >= 11 is 5.87. The number of rotatable bonds is 2. The van der Waals surface area contributed by atoms with E-state index in [1.165, 1.54) is 12.0 Å². The van der Waals surface area contributed by atoms with Gasteiger partial charge in [-0.05, 0) is 42.9 Å². The molecular weight excluding hydrogens is 236 g/mol. The lowest BCUT2D eigenvalue weighted by molar-refractivity contribution is -0.130. The summed E-state index contributed by atoms with van der Waals surface area (Å²) in [5.74, 6) is 0.730. The number of likely N-dealkylation sites (tertiary alicyclic amines) is 1. The molecular formula is C13H17ClN2O. The minimum atomic E-state index is 0.183. The first-order valence-corrected chi connectivity index (χ1v) is 6.39. The molecule has 3 nitrogen and oxygen atoms in total. The summed E-state index contributed by atoms with van der Waals surface area (Å²) in [5.41, 5.74) is 1.21. The lowest BCUT2D eigenvalue weighted by Gasteiger charge is -2.32. The Balaban J connectivity index is 1.97. The molecule has 1 fully saturated rings. The van der Waals surface area contributed by atoms with Gasteiger partial charge in [-0.15, -0.1) is 0 Å². The molecule has 0 N–H and O–H groups in total. The van der Waals surface area contributed by atoms with Gasteiger partial charge < -0.3 is 4.90 Å². The minimum Gasteiger partial charge on any atom is -0.343 e. The third kappa shape index (κ3) is 3.43. The molecule has 2 rings (SSSR count). The van der Waals surface area contributed by atoms with Crippen LogP contribution in [0.3, 0.4) is 0 Å². The largest absolute Gasteiger partial charge is 0.343 e. The van der Waals surface area contributed by atoms with Crippen molar-refractivity contribution in [1.82, 2.24) is 9.88 Å². The monoisotopic (exact) mass is 252 g/mol. The summed E-state index contributed by atoms with van der Waals surface area (Å²) in [6.07, 6.45) is 5.00. The molecule has 1 amide bonds. The van der Waals surface area contributed by atoms with E-state index in [2.05, 4.69) is 4.98 Å². The Kier molecular flexibility index (Phi) is 4.00. The third-order valence-corrected chi connectivity index (χ3v) is 3.49. The topological polar surface area (TPSA) is 33.2 Å². The maximum Gasteiger partial charge on any atom is 0.219 e. The number of halogens is 1. The van der Waals surface area contributed by atoms with Crippen molar-refractivity contribution in [1.29, 1.82) is 0 Å². The van der Waals surface area contributed by atoms with E-state index < -0.39 is 0 Å². The van der Waals surface area contributed by atoms with Gasteiger partial charge >= 0.3 is 0 Å². The average molecular weight is 253 g/mol. The zero-order valence-electron chi connectivity index (χ0n) is 10.0. The van der Waals surface area contributed by atoms with Crippen LogP contribution in [0.15, 0.2) is 18.3 Å². The first-order chi connectivity index (χ1) is 8.15. The van der Waals surface area contributed by atoms with Crippen molar-refractivity contribution in [3.8, 4) is 0 Å². The van der Waals surface area contributed by atoms with Gasteiger partial charge in [-0.25, -0.2) is 4.98 Å². The summed E-state index contributed by atoms with van der Waals surface area (Å²) in [4.78, 5) is 17.3. The quantitative estimate of drug-likeness (QED) is 0.758. The van der Waals surface area contributed by atoms with E-state index in [9.17, 15) is 4.79 Å². The lowest BCUT2D eigenvalue weighted by atomic mass is 9.91. The molecule has 1 unspecified atom stereocenters. The first-order valence-electron chi connectivity index (χ1n) is 6.01. The van der Waals surface area contributed by atoms with E-state index in [1.54, 1.807) is 13.1 Å². The molecule has 1 saturated heterocycles. The number of aromatic nitrogens is 1. The van der Waals surface area contributed by atoms with Crippen molar-refractivity contribution < 1.29 is 4.79 Å². The Morgan fingerprint density at radius 3 is 3.18 bits per heavy atom. The summed E-state index contributed by atoms with van der Waals surface area (Å²) in [6, 6.07) is 3.91. The lowest BCUT2D eigenvalue weighted by Crippen LogP contribution is -2.39. The number of carbonyl (C=O) groups is 1. The van der Waals surface area contributed by atoms with Crippen LogP contribution in [-0.2, 0) is 11.2 Å². The van der Waals surface area contributed by atoms with E-state index in [-0.39, 0.29) is 5.91 Å². The minimum absolute atomic E-state index is 0.183. The highest BCUT2D eigenvalue weighted by molar-refractivity contribution is 6.29. The number of carbonyl (C=O) groups excluding carboxylic acids is 1. The molecule has 92 valence electrons. The SMILES string of the molecule is CC(=O)N1CCCC(Cc2ccnc(Cl)c2)C1. The van der Waals surface area contributed by atoms with Gasteiger partial charge in [-0.2, -0.15) is 0 Å². The van der Waals surface area contributed by atoms with Crippen LogP contribution in [-0.4, -0.2) is 28.9 Å². The van der Waals surface area contributed by atoms with Gasteiger partial charge in [0.2, 0.25) is 5.91 Å². The molecule has 17 heavy (non-hydrogen) atoms. The van der Waals surface area contributed by atoms with Crippen LogP contribution in [0.4, 0.5) is 0 Å². The Hall–Kier alpha value is -1.09. The van der Waals surface area contributed by atoms with Crippen LogP contribution in [0.5, 0.6) is 0 Å². The van der Waals surface area contributed by atoms with E-state index in [0.29, 0.717) is 11.1 Å². The van der Waals surface area contributed by atoms with Crippen molar-refractivity contribution >= 4 is 17.5 Å². The molecule has 0 spiro atoms. The fraction of sp³-hybridized carbons (Fsp3) is 0.538. The van der Waals surface area contributed by atoms with Gasteiger partial charge in [0.15, 0.2) is 0 Å². The molecule has 1 aromatic rings. The highest BCUT2D eigenvalue weighted by Gasteiger charge is 2.21. The van der Waals surface area contributed by atoms with Crippen LogP contribution >= 0.6 is 11.6 Å². The average Bonchev–Trinajstić information content (AvgIpc) is 2.29. The molecule has 1 aromatic heterocycles. The first kappa shape index (κ1) is 12.4. The van der Waals surface area contributed by atoms with Crippen LogP contribution < -0.4 is 0 Å². The highest BCUT2D eigenvalue weighted by Crippen LogP contribution is 2.21. The van der Waals surface area contributed by atoms with Crippen molar-refractivity contribution in [3.05, 3.63) is 29.0 Å². The molecule has 0 radical (unpaired) electrons. The number of hydrogen-bond acceptors (Lipinski definition) is 2. The van der Waals surface area contributed by atoms with Crippen molar-refractivity contribution in [2.24, 2.45) is 5.92 Å². The second-order valence-corrected chi connectivity index (χ2v) is 5.05. The second-order valence-electron chi connectivity index (χ2n) is 4.66. The number of hydrogen-bond donors (Lipinski definition) is 0. The number of piperidine rings is 1. The summed E-state index contributed by atoms with van der Waals surface area (Å²) in [7, 11) is 0. The zero-order chi connectivity index (χ0) is 12.3. The van der Waals surface area contributed by atoms with Gasteiger partial charge in [0.1, 0.15) is 5.15 Å². The Morgan fingerprint density at radius 1 is 1.65 bits per heavy atom. The number of pyridine rings is 1. The summed E-state index contributed by atoms with van der Waals surface area (Å²) in [5, 5.41) is 0.543. The molecule has 4 heteroatoms. The van der Waals surface area contributed by atoms with Gasteiger partial charge in [-0.3, -0.25) is 4.79 Å². The second kappa shape index (κ2) is 5.50. The molecule has 0 saturated carbocycles. The Morgan fingerprint density at radius 2 is 2.47 bits per heavy atom. The summed E-state index contributed by atoms with van der Waals surface area (Å²) in [6.45, 7) is 3.42. The zero-order valence-corrected chi connectivity index (χ0v) is 10.8. The van der Waals surface area contributed by atoms with Crippen LogP contribution in [0, 0.1) is 5.92 Å². The van der Waals surface area contributed by atoms with E-state index >= 15 is 0 Å². The standard InChI is InChI=1S/C13H17ClN2O/c1-10(17)16-6-2-3-12(9-16)7-11-4-5-15-13(14)8-11/h4-5,8,12H,2-3,6-7,9H2,1H3.